The molecule has 0 saturated heterocycles. The number of amides is 2. The van der Waals surface area contributed by atoms with Gasteiger partial charge in [0, 0.05) is 12.7 Å². The molecule has 0 unspecified atom stereocenters. The molecule has 2 aromatic carbocycles. The zero-order valence-corrected chi connectivity index (χ0v) is 15.2. The second-order valence-electron chi connectivity index (χ2n) is 5.28. The largest absolute Gasteiger partial charge is 0.341 e. The second kappa shape index (κ2) is 6.69. The number of fused-ring (bicyclic) bond motifs is 1. The van der Waals surface area contributed by atoms with E-state index in [1.165, 1.54) is 30.5 Å². The highest BCUT2D eigenvalue weighted by Crippen LogP contribution is 2.32. The normalized spacial score (nSPS) is 11.3. The van der Waals surface area contributed by atoms with Crippen LogP contribution < -0.4 is 15.4 Å². The van der Waals surface area contributed by atoms with Gasteiger partial charge < -0.3 is 10.6 Å². The van der Waals surface area contributed by atoms with Gasteiger partial charge in [-0.05, 0) is 36.8 Å². The van der Waals surface area contributed by atoms with Crippen LogP contribution in [-0.2, 0) is 10.0 Å². The van der Waals surface area contributed by atoms with E-state index in [4.69, 9.17) is 0 Å². The Hall–Kier alpha value is -2.65. The number of hydrogen-bond acceptors (Lipinski definition) is 5. The van der Waals surface area contributed by atoms with E-state index in [9.17, 15) is 13.2 Å². The molecule has 0 aliphatic carbocycles. The third kappa shape index (κ3) is 3.72. The Labute approximate surface area is 149 Å². The van der Waals surface area contributed by atoms with Gasteiger partial charge in [0.15, 0.2) is 5.13 Å². The average Bonchev–Trinajstić information content (AvgIpc) is 2.97. The van der Waals surface area contributed by atoms with Crippen LogP contribution in [0.1, 0.15) is 5.56 Å². The van der Waals surface area contributed by atoms with E-state index < -0.39 is 10.0 Å². The summed E-state index contributed by atoms with van der Waals surface area (Å²) in [6.45, 7) is 1.85. The summed E-state index contributed by atoms with van der Waals surface area (Å²) in [4.78, 5) is 16.0. The number of nitrogens with one attached hydrogen (secondary N) is 3. The van der Waals surface area contributed by atoms with Crippen LogP contribution in [0, 0.1) is 6.92 Å². The molecule has 3 rings (SSSR count). The van der Waals surface area contributed by atoms with Gasteiger partial charge in [-0.2, -0.15) is 0 Å². The van der Waals surface area contributed by atoms with Crippen molar-refractivity contribution in [1.82, 2.24) is 10.3 Å². The van der Waals surface area contributed by atoms with Gasteiger partial charge in [-0.1, -0.05) is 29.5 Å². The molecule has 0 aliphatic heterocycles. The number of rotatable bonds is 4. The first-order chi connectivity index (χ1) is 11.9. The molecule has 7 nitrogen and oxygen atoms in total. The molecule has 0 atom stereocenters. The Morgan fingerprint density at radius 3 is 2.56 bits per heavy atom. The molecule has 0 radical (unpaired) electrons. The number of benzene rings is 2. The lowest BCUT2D eigenvalue weighted by molar-refractivity contribution is 0.254. The van der Waals surface area contributed by atoms with E-state index in [-0.39, 0.29) is 16.1 Å². The fourth-order valence-corrected chi connectivity index (χ4v) is 4.52. The van der Waals surface area contributed by atoms with Crippen LogP contribution in [0.5, 0.6) is 0 Å². The van der Waals surface area contributed by atoms with Crippen molar-refractivity contribution >= 4 is 48.4 Å². The zero-order valence-electron chi connectivity index (χ0n) is 13.5. The number of hydrogen-bond donors (Lipinski definition) is 3. The monoisotopic (exact) mass is 376 g/mol. The molecule has 1 aromatic heterocycles. The van der Waals surface area contributed by atoms with Gasteiger partial charge in [0.25, 0.3) is 10.0 Å². The summed E-state index contributed by atoms with van der Waals surface area (Å²) in [5, 5.41) is 5.46. The van der Waals surface area contributed by atoms with Gasteiger partial charge in [0.05, 0.1) is 15.1 Å². The summed E-state index contributed by atoms with van der Waals surface area (Å²) in [7, 11) is -2.16. The molecule has 130 valence electrons. The SMILES string of the molecule is CNC(=O)Nc1cc(C)c2nc(NS(=O)(=O)c3ccccc3)sc2c1. The highest BCUT2D eigenvalue weighted by atomic mass is 32.2. The quantitative estimate of drug-likeness (QED) is 0.651. The van der Waals surface area contributed by atoms with Gasteiger partial charge in [-0.25, -0.2) is 18.2 Å². The van der Waals surface area contributed by atoms with Crippen molar-refractivity contribution in [3.05, 3.63) is 48.0 Å². The maximum Gasteiger partial charge on any atom is 0.318 e. The average molecular weight is 376 g/mol. The standard InChI is InChI=1S/C16H16N4O3S2/c1-10-8-11(18-15(21)17-2)9-13-14(10)19-16(24-13)20-25(22,23)12-6-4-3-5-7-12/h3-9H,1-2H3,(H,19,20)(H2,17,18,21). The van der Waals surface area contributed by atoms with Crippen LogP contribution in [0.15, 0.2) is 47.4 Å². The van der Waals surface area contributed by atoms with Crippen molar-refractivity contribution in [2.24, 2.45) is 0 Å². The zero-order chi connectivity index (χ0) is 18.0. The molecule has 0 aliphatic rings. The van der Waals surface area contributed by atoms with Gasteiger partial charge in [-0.15, -0.1) is 0 Å². The summed E-state index contributed by atoms with van der Waals surface area (Å²) in [6, 6.07) is 11.3. The molecule has 1 heterocycles. The molecule has 0 spiro atoms. The Morgan fingerprint density at radius 1 is 1.16 bits per heavy atom. The number of carbonyl (C=O) groups is 1. The lowest BCUT2D eigenvalue weighted by Gasteiger charge is -2.05. The summed E-state index contributed by atoms with van der Waals surface area (Å²) >= 11 is 1.21. The Bertz CT molecular complexity index is 1030. The number of thiazole rings is 1. The highest BCUT2D eigenvalue weighted by molar-refractivity contribution is 7.93. The molecule has 2 amide bonds. The molecule has 3 aromatic rings. The summed E-state index contributed by atoms with van der Waals surface area (Å²) in [5.74, 6) is 0. The Balaban J connectivity index is 1.93. The third-order valence-corrected chi connectivity index (χ3v) is 5.85. The van der Waals surface area contributed by atoms with E-state index in [1.807, 2.05) is 6.92 Å². The number of aromatic nitrogens is 1. The highest BCUT2D eigenvalue weighted by Gasteiger charge is 2.17. The summed E-state index contributed by atoms with van der Waals surface area (Å²) in [6.07, 6.45) is 0. The van der Waals surface area contributed by atoms with Gasteiger partial charge in [0.1, 0.15) is 0 Å². The first kappa shape index (κ1) is 17.2. The number of carbonyl (C=O) groups excluding carboxylic acids is 1. The molecule has 9 heteroatoms. The van der Waals surface area contributed by atoms with E-state index in [1.54, 1.807) is 30.3 Å². The molecule has 0 bridgehead atoms. The lowest BCUT2D eigenvalue weighted by Crippen LogP contribution is -2.24. The Kier molecular flexibility index (Phi) is 4.60. The molecule has 0 saturated carbocycles. The van der Waals surface area contributed by atoms with Gasteiger partial charge in [-0.3, -0.25) is 4.72 Å². The van der Waals surface area contributed by atoms with Crippen molar-refractivity contribution in [3.63, 3.8) is 0 Å². The maximum absolute atomic E-state index is 12.4. The van der Waals surface area contributed by atoms with E-state index in [2.05, 4.69) is 20.3 Å². The Morgan fingerprint density at radius 2 is 1.88 bits per heavy atom. The third-order valence-electron chi connectivity index (χ3n) is 3.45. The first-order valence-corrected chi connectivity index (χ1v) is 9.67. The fraction of sp³-hybridized carbons (Fsp3) is 0.125. The van der Waals surface area contributed by atoms with Crippen LogP contribution in [0.2, 0.25) is 0 Å². The minimum Gasteiger partial charge on any atom is -0.341 e. The summed E-state index contributed by atoms with van der Waals surface area (Å²) in [5.41, 5.74) is 2.15. The predicted octanol–water partition coefficient (Wildman–Crippen LogP) is 3.16. The fourth-order valence-electron chi connectivity index (χ4n) is 2.28. The topological polar surface area (TPSA) is 100 Å². The molecule has 25 heavy (non-hydrogen) atoms. The molecule has 0 fully saturated rings. The first-order valence-electron chi connectivity index (χ1n) is 7.37. The second-order valence-corrected chi connectivity index (χ2v) is 7.99. The number of nitrogens with zero attached hydrogens (tertiary/aromatic N) is 1. The number of anilines is 2. The van der Waals surface area contributed by atoms with Crippen molar-refractivity contribution in [2.75, 3.05) is 17.1 Å². The van der Waals surface area contributed by atoms with Crippen LogP contribution in [0.3, 0.4) is 0 Å². The van der Waals surface area contributed by atoms with Crippen molar-refractivity contribution in [3.8, 4) is 0 Å². The van der Waals surface area contributed by atoms with Crippen molar-refractivity contribution in [2.45, 2.75) is 11.8 Å². The van der Waals surface area contributed by atoms with Crippen molar-refractivity contribution in [1.29, 1.82) is 0 Å². The van der Waals surface area contributed by atoms with Gasteiger partial charge >= 0.3 is 6.03 Å². The maximum atomic E-state index is 12.4. The predicted molar refractivity (Wildman–Crippen MR) is 99.7 cm³/mol. The van der Waals surface area contributed by atoms with Crippen molar-refractivity contribution < 1.29 is 13.2 Å². The van der Waals surface area contributed by atoms with Gasteiger partial charge in [0.2, 0.25) is 0 Å². The summed E-state index contributed by atoms with van der Waals surface area (Å²) < 4.78 is 28.1. The van der Waals surface area contributed by atoms with Crippen LogP contribution >= 0.6 is 11.3 Å². The minimum absolute atomic E-state index is 0.174. The minimum atomic E-state index is -3.69. The van der Waals surface area contributed by atoms with E-state index in [0.717, 1.165) is 10.3 Å². The molecular formula is C16H16N4O3S2. The van der Waals surface area contributed by atoms with Crippen LogP contribution in [0.25, 0.3) is 10.2 Å². The number of urea groups is 1. The molecule has 3 N–H and O–H groups in total. The smallest absolute Gasteiger partial charge is 0.318 e. The lowest BCUT2D eigenvalue weighted by atomic mass is 10.2. The van der Waals surface area contributed by atoms with Crippen LogP contribution in [-0.4, -0.2) is 26.5 Å². The van der Waals surface area contributed by atoms with Crippen LogP contribution in [0.4, 0.5) is 15.6 Å². The number of sulfonamides is 1. The number of aryl methyl sites for hydroxylation is 1. The van der Waals surface area contributed by atoms with E-state index in [0.29, 0.717) is 11.2 Å². The molecular weight excluding hydrogens is 360 g/mol. The van der Waals surface area contributed by atoms with E-state index >= 15 is 0 Å².